The third-order valence-corrected chi connectivity index (χ3v) is 7.83. The molecule has 3 aromatic rings. The maximum atomic E-state index is 12.7. The molecule has 0 amide bonds. The molecule has 1 saturated carbocycles. The summed E-state index contributed by atoms with van der Waals surface area (Å²) >= 11 is 0. The molecule has 0 N–H and O–H groups in total. The number of benzene rings is 1. The van der Waals surface area contributed by atoms with Gasteiger partial charge in [-0.15, -0.1) is 0 Å². The number of pyridine rings is 1. The zero-order valence-electron chi connectivity index (χ0n) is 17.2. The molecule has 1 aromatic carbocycles. The minimum Gasteiger partial charge on any atom is -0.309 e. The molecule has 2 aliphatic rings. The van der Waals surface area contributed by atoms with Crippen LogP contribution in [0.25, 0.3) is 11.3 Å². The number of sulfonamides is 1. The van der Waals surface area contributed by atoms with E-state index in [4.69, 9.17) is 0 Å². The summed E-state index contributed by atoms with van der Waals surface area (Å²) in [6, 6.07) is 9.39. The van der Waals surface area contributed by atoms with E-state index in [9.17, 15) is 8.42 Å². The van der Waals surface area contributed by atoms with Crippen molar-refractivity contribution in [1.82, 2.24) is 19.3 Å². The molecular weight excluding hydrogens is 398 g/mol. The Balaban J connectivity index is 1.54. The third kappa shape index (κ3) is 2.98. The van der Waals surface area contributed by atoms with Crippen molar-refractivity contribution in [2.75, 3.05) is 25.5 Å². The summed E-state index contributed by atoms with van der Waals surface area (Å²) in [5.41, 5.74) is 4.98. The first-order chi connectivity index (χ1) is 14.3. The second kappa shape index (κ2) is 6.58. The number of aryl methyl sites for hydroxylation is 1. The lowest BCUT2D eigenvalue weighted by Crippen LogP contribution is -2.23. The average Bonchev–Trinajstić information content (AvgIpc) is 3.44. The quantitative estimate of drug-likeness (QED) is 0.643. The molecule has 3 heterocycles. The average molecular weight is 422 g/mol. The first-order valence-corrected chi connectivity index (χ1v) is 11.3. The van der Waals surface area contributed by atoms with Crippen LogP contribution in [0.3, 0.4) is 0 Å². The molecule has 8 heteroatoms. The van der Waals surface area contributed by atoms with Gasteiger partial charge in [0.15, 0.2) is 0 Å². The normalized spacial score (nSPS) is 16.9. The van der Waals surface area contributed by atoms with Crippen molar-refractivity contribution in [2.24, 2.45) is 0 Å². The monoisotopic (exact) mass is 421 g/mol. The number of hydrogen-bond acceptors (Lipinski definition) is 6. The van der Waals surface area contributed by atoms with E-state index in [1.54, 1.807) is 44.8 Å². The van der Waals surface area contributed by atoms with Crippen LogP contribution >= 0.6 is 0 Å². The predicted molar refractivity (Wildman–Crippen MR) is 115 cm³/mol. The van der Waals surface area contributed by atoms with Gasteiger partial charge in [-0.05, 0) is 55.2 Å². The van der Waals surface area contributed by atoms with Gasteiger partial charge in [0.05, 0.1) is 10.6 Å². The lowest BCUT2D eigenvalue weighted by atomic mass is 9.99. The Hall–Kier alpha value is -2.84. The van der Waals surface area contributed by atoms with Gasteiger partial charge in [-0.2, -0.15) is 0 Å². The van der Waals surface area contributed by atoms with Crippen LogP contribution in [0.1, 0.15) is 24.0 Å². The molecule has 0 saturated heterocycles. The lowest BCUT2D eigenvalue weighted by Gasteiger charge is -2.19. The summed E-state index contributed by atoms with van der Waals surface area (Å²) in [4.78, 5) is 15.9. The Kier molecular flexibility index (Phi) is 4.20. The molecule has 5 rings (SSSR count). The van der Waals surface area contributed by atoms with Crippen molar-refractivity contribution in [3.63, 3.8) is 0 Å². The van der Waals surface area contributed by atoms with Gasteiger partial charge in [-0.1, -0.05) is 6.07 Å². The molecule has 1 aliphatic heterocycles. The van der Waals surface area contributed by atoms with E-state index < -0.39 is 10.0 Å². The van der Waals surface area contributed by atoms with E-state index in [1.807, 2.05) is 30.0 Å². The van der Waals surface area contributed by atoms with Crippen LogP contribution in [0, 0.1) is 6.92 Å². The molecule has 1 fully saturated rings. The largest absolute Gasteiger partial charge is 0.309 e. The summed E-state index contributed by atoms with van der Waals surface area (Å²) in [6.45, 7) is 2.80. The van der Waals surface area contributed by atoms with Gasteiger partial charge in [0.25, 0.3) is 0 Å². The van der Waals surface area contributed by atoms with E-state index in [0.29, 0.717) is 5.95 Å². The molecular formula is C22H23N5O2S. The second-order valence-electron chi connectivity index (χ2n) is 8.32. The predicted octanol–water partition coefficient (Wildman–Crippen LogP) is 3.28. The van der Waals surface area contributed by atoms with Crippen LogP contribution in [-0.2, 0) is 15.4 Å². The molecule has 1 spiro atoms. The number of anilines is 2. The number of fused-ring (bicyclic) bond motifs is 2. The molecule has 1 aliphatic carbocycles. The van der Waals surface area contributed by atoms with Crippen molar-refractivity contribution in [1.29, 1.82) is 0 Å². The molecule has 2 aromatic heterocycles. The minimum absolute atomic E-state index is 0.0931. The number of hydrogen-bond donors (Lipinski definition) is 0. The fourth-order valence-electron chi connectivity index (χ4n) is 4.07. The van der Waals surface area contributed by atoms with Gasteiger partial charge < -0.3 is 4.90 Å². The molecule has 30 heavy (non-hydrogen) atoms. The maximum Gasteiger partial charge on any atom is 0.242 e. The second-order valence-corrected chi connectivity index (χ2v) is 10.5. The zero-order valence-corrected chi connectivity index (χ0v) is 18.0. The van der Waals surface area contributed by atoms with Crippen molar-refractivity contribution in [2.45, 2.75) is 30.1 Å². The maximum absolute atomic E-state index is 12.7. The van der Waals surface area contributed by atoms with E-state index in [1.165, 1.54) is 9.87 Å². The first-order valence-electron chi connectivity index (χ1n) is 9.90. The Morgan fingerprint density at radius 1 is 1.03 bits per heavy atom. The Labute approximate surface area is 176 Å². The highest BCUT2D eigenvalue weighted by Crippen LogP contribution is 2.58. The van der Waals surface area contributed by atoms with E-state index >= 15 is 0 Å². The molecule has 0 bridgehead atoms. The molecule has 0 atom stereocenters. The highest BCUT2D eigenvalue weighted by molar-refractivity contribution is 7.89. The van der Waals surface area contributed by atoms with E-state index in [2.05, 4.69) is 15.0 Å². The van der Waals surface area contributed by atoms with Gasteiger partial charge in [0, 0.05) is 55.9 Å². The minimum atomic E-state index is -3.51. The van der Waals surface area contributed by atoms with Crippen LogP contribution in [-0.4, -0.2) is 48.3 Å². The van der Waals surface area contributed by atoms with Crippen LogP contribution < -0.4 is 4.90 Å². The Morgan fingerprint density at radius 2 is 1.77 bits per heavy atom. The summed E-state index contributed by atoms with van der Waals surface area (Å²) in [7, 11) is -0.419. The van der Waals surface area contributed by atoms with Crippen molar-refractivity contribution < 1.29 is 8.42 Å². The first kappa shape index (κ1) is 19.1. The Morgan fingerprint density at radius 3 is 2.40 bits per heavy atom. The third-order valence-electron chi connectivity index (χ3n) is 6.02. The van der Waals surface area contributed by atoms with E-state index in [-0.39, 0.29) is 10.3 Å². The molecule has 0 unspecified atom stereocenters. The van der Waals surface area contributed by atoms with Crippen molar-refractivity contribution in [3.8, 4) is 11.3 Å². The van der Waals surface area contributed by atoms with Gasteiger partial charge in [-0.3, -0.25) is 4.98 Å². The molecule has 154 valence electrons. The number of nitrogens with zero attached hydrogens (tertiary/aromatic N) is 5. The summed E-state index contributed by atoms with van der Waals surface area (Å²) in [5, 5.41) is 0. The number of aromatic nitrogens is 3. The highest BCUT2D eigenvalue weighted by atomic mass is 32.2. The SMILES string of the molecule is Cc1ccnc(-c2cnc(N3CC4(CC4)c4ccc(S(=O)(=O)N(C)C)cc43)nc2)c1. The van der Waals surface area contributed by atoms with Crippen LogP contribution in [0.5, 0.6) is 0 Å². The Bertz CT molecular complexity index is 1230. The lowest BCUT2D eigenvalue weighted by molar-refractivity contribution is 0.520. The van der Waals surface area contributed by atoms with E-state index in [0.717, 1.165) is 41.9 Å². The molecule has 7 nitrogen and oxygen atoms in total. The zero-order chi connectivity index (χ0) is 21.1. The van der Waals surface area contributed by atoms with Gasteiger partial charge in [0.1, 0.15) is 0 Å². The van der Waals surface area contributed by atoms with Crippen molar-refractivity contribution in [3.05, 3.63) is 60.0 Å². The fraction of sp³-hybridized carbons (Fsp3) is 0.318. The smallest absolute Gasteiger partial charge is 0.242 e. The summed E-state index contributed by atoms with van der Waals surface area (Å²) in [6.07, 6.45) is 7.53. The van der Waals surface area contributed by atoms with Crippen molar-refractivity contribution >= 4 is 21.7 Å². The topological polar surface area (TPSA) is 79.3 Å². The van der Waals surface area contributed by atoms with Gasteiger partial charge >= 0.3 is 0 Å². The fourth-order valence-corrected chi connectivity index (χ4v) is 4.99. The molecule has 0 radical (unpaired) electrons. The van der Waals surface area contributed by atoms with Crippen LogP contribution in [0.2, 0.25) is 0 Å². The van der Waals surface area contributed by atoms with Crippen LogP contribution in [0.4, 0.5) is 11.6 Å². The number of rotatable bonds is 4. The standard InChI is InChI=1S/C22H23N5O2S/c1-15-6-9-23-19(10-15)16-12-24-21(25-13-16)27-14-22(7-8-22)18-5-4-17(11-20(18)27)30(28,29)26(2)3/h4-6,9-13H,7-8,14H2,1-3H3. The van der Waals surface area contributed by atoms with Gasteiger partial charge in [-0.25, -0.2) is 22.7 Å². The van der Waals surface area contributed by atoms with Crippen LogP contribution in [0.15, 0.2) is 53.8 Å². The highest BCUT2D eigenvalue weighted by Gasteiger charge is 2.52. The summed E-state index contributed by atoms with van der Waals surface area (Å²) in [5.74, 6) is 0.579. The van der Waals surface area contributed by atoms with Gasteiger partial charge in [0.2, 0.25) is 16.0 Å². The summed E-state index contributed by atoms with van der Waals surface area (Å²) < 4.78 is 26.5.